The van der Waals surface area contributed by atoms with Crippen molar-refractivity contribution in [3.8, 4) is 5.75 Å². The minimum Gasteiger partial charge on any atom is -0.497 e. The van der Waals surface area contributed by atoms with Crippen molar-refractivity contribution in [2.24, 2.45) is 23.7 Å². The monoisotopic (exact) mass is 602 g/mol. The molecule has 3 aliphatic rings. The number of nitrogens with one attached hydrogen (secondary N) is 1. The van der Waals surface area contributed by atoms with Gasteiger partial charge in [-0.25, -0.2) is 13.2 Å². The summed E-state index contributed by atoms with van der Waals surface area (Å²) in [5.41, 5.74) is 0.895. The topological polar surface area (TPSA) is 124 Å². The van der Waals surface area contributed by atoms with E-state index >= 15 is 0 Å². The highest BCUT2D eigenvalue weighted by molar-refractivity contribution is 7.89. The van der Waals surface area contributed by atoms with E-state index in [1.54, 1.807) is 12.1 Å². The molecule has 0 bridgehead atoms. The number of alkyl carbamates (subject to hydrolysis) is 1. The predicted molar refractivity (Wildman–Crippen MR) is 155 cm³/mol. The van der Waals surface area contributed by atoms with Crippen LogP contribution in [0.4, 0.5) is 4.79 Å². The van der Waals surface area contributed by atoms with Crippen molar-refractivity contribution in [1.82, 2.24) is 9.62 Å². The highest BCUT2D eigenvalue weighted by Gasteiger charge is 2.55. The van der Waals surface area contributed by atoms with Crippen LogP contribution in [0.3, 0.4) is 0 Å². The number of carbonyl (C=O) groups is 1. The van der Waals surface area contributed by atoms with Crippen molar-refractivity contribution >= 4 is 16.1 Å². The molecule has 1 aliphatic carbocycles. The van der Waals surface area contributed by atoms with Gasteiger partial charge in [0.25, 0.3) is 0 Å². The van der Waals surface area contributed by atoms with Crippen molar-refractivity contribution in [2.45, 2.75) is 62.5 Å². The predicted octanol–water partition coefficient (Wildman–Crippen LogP) is 3.44. The molecular formula is C31H42N2O8S. The molecular weight excluding hydrogens is 560 g/mol. The lowest BCUT2D eigenvalue weighted by Crippen LogP contribution is -2.51. The fraction of sp³-hybridized carbons (Fsp3) is 0.581. The van der Waals surface area contributed by atoms with Crippen molar-refractivity contribution in [1.29, 1.82) is 0 Å². The van der Waals surface area contributed by atoms with Crippen molar-refractivity contribution < 1.29 is 37.3 Å². The maximum Gasteiger partial charge on any atom is 0.407 e. The van der Waals surface area contributed by atoms with Crippen molar-refractivity contribution in [3.05, 3.63) is 60.2 Å². The fourth-order valence-electron chi connectivity index (χ4n) is 6.51. The fourth-order valence-corrected chi connectivity index (χ4v) is 8.13. The highest BCUT2D eigenvalue weighted by Crippen LogP contribution is 2.50. The Bertz CT molecular complexity index is 1290. The Morgan fingerprint density at radius 3 is 2.52 bits per heavy atom. The standard InChI is InChI=1S/C31H42N2O8S/c1-20(2)17-33(42(36,37)24-11-9-23(38-3)10-12-24)18-27(34)26(15-21-7-5-4-6-8-21)32-31(35)41-28-16-22-13-14-39-30-29(22)25(28)19-40-30/h4-12,20,22,25-30,34H,13-19H2,1-3H3,(H,32,35)/t22-,25+,26+,27-,28+,29?,30+/m1/s1. The van der Waals surface area contributed by atoms with Gasteiger partial charge in [-0.2, -0.15) is 4.31 Å². The Labute approximate surface area is 248 Å². The number of carbonyl (C=O) groups excluding carboxylic acids is 1. The van der Waals surface area contributed by atoms with Gasteiger partial charge in [-0.3, -0.25) is 0 Å². The number of rotatable bonds is 12. The molecule has 1 saturated carbocycles. The molecule has 7 atom stereocenters. The van der Waals surface area contributed by atoms with Crippen LogP contribution in [0.15, 0.2) is 59.5 Å². The number of methoxy groups -OCH3 is 1. The zero-order chi connectivity index (χ0) is 29.9. The highest BCUT2D eigenvalue weighted by atomic mass is 32.2. The van der Waals surface area contributed by atoms with Gasteiger partial charge in [-0.15, -0.1) is 0 Å². The van der Waals surface area contributed by atoms with Gasteiger partial charge < -0.3 is 29.4 Å². The Kier molecular flexibility index (Phi) is 9.74. The number of aliphatic hydroxyl groups excluding tert-OH is 1. The molecule has 11 heteroatoms. The van der Waals surface area contributed by atoms with Gasteiger partial charge >= 0.3 is 6.09 Å². The molecule has 10 nitrogen and oxygen atoms in total. The van der Waals surface area contributed by atoms with Crippen LogP contribution >= 0.6 is 0 Å². The molecule has 2 N–H and O–H groups in total. The number of sulfonamides is 1. The summed E-state index contributed by atoms with van der Waals surface area (Å²) in [7, 11) is -2.42. The van der Waals surface area contributed by atoms with Crippen LogP contribution in [0, 0.1) is 23.7 Å². The molecule has 2 heterocycles. The van der Waals surface area contributed by atoms with E-state index in [1.807, 2.05) is 44.2 Å². The minimum atomic E-state index is -3.94. The third-order valence-electron chi connectivity index (χ3n) is 8.57. The number of aliphatic hydroxyl groups is 1. The Hall–Kier alpha value is -2.70. The maximum absolute atomic E-state index is 13.7. The first-order valence-electron chi connectivity index (χ1n) is 14.7. The lowest BCUT2D eigenvalue weighted by Gasteiger charge is -2.31. The molecule has 42 heavy (non-hydrogen) atoms. The van der Waals surface area contributed by atoms with E-state index < -0.39 is 28.3 Å². The van der Waals surface area contributed by atoms with E-state index in [4.69, 9.17) is 18.9 Å². The summed E-state index contributed by atoms with van der Waals surface area (Å²) in [6.07, 6.45) is -0.369. The van der Waals surface area contributed by atoms with Gasteiger partial charge in [-0.1, -0.05) is 44.2 Å². The van der Waals surface area contributed by atoms with E-state index in [9.17, 15) is 18.3 Å². The van der Waals surface area contributed by atoms with E-state index in [2.05, 4.69) is 5.32 Å². The number of nitrogens with zero attached hydrogens (tertiary/aromatic N) is 1. The quantitative estimate of drug-likeness (QED) is 0.379. The van der Waals surface area contributed by atoms with Gasteiger partial charge in [0.15, 0.2) is 6.29 Å². The number of benzene rings is 2. The van der Waals surface area contributed by atoms with Crippen LogP contribution in [-0.4, -0.2) is 81.9 Å². The summed E-state index contributed by atoms with van der Waals surface area (Å²) in [5.74, 6) is 1.26. The lowest BCUT2D eigenvalue weighted by atomic mass is 9.87. The maximum atomic E-state index is 13.7. The molecule has 230 valence electrons. The molecule has 0 spiro atoms. The number of hydrogen-bond acceptors (Lipinski definition) is 8. The van der Waals surface area contributed by atoms with E-state index in [1.165, 1.54) is 23.5 Å². The van der Waals surface area contributed by atoms with E-state index in [0.717, 1.165) is 18.4 Å². The van der Waals surface area contributed by atoms with Crippen LogP contribution in [-0.2, 0) is 30.7 Å². The summed E-state index contributed by atoms with van der Waals surface area (Å²) >= 11 is 0. The van der Waals surface area contributed by atoms with Crippen molar-refractivity contribution in [2.75, 3.05) is 33.4 Å². The summed E-state index contributed by atoms with van der Waals surface area (Å²) in [6.45, 7) is 4.97. The molecule has 1 amide bonds. The van der Waals surface area contributed by atoms with Gasteiger partial charge in [0.2, 0.25) is 10.0 Å². The summed E-state index contributed by atoms with van der Waals surface area (Å²) in [5, 5.41) is 14.4. The second kappa shape index (κ2) is 13.3. The van der Waals surface area contributed by atoms with Crippen molar-refractivity contribution in [3.63, 3.8) is 0 Å². The number of ether oxygens (including phenoxy) is 4. The Balaban J connectivity index is 1.31. The summed E-state index contributed by atoms with van der Waals surface area (Å²) in [6, 6.07) is 14.9. The van der Waals surface area contributed by atoms with Crippen LogP contribution in [0.2, 0.25) is 0 Å². The van der Waals surface area contributed by atoms with E-state index in [0.29, 0.717) is 31.3 Å². The first kappa shape index (κ1) is 30.7. The summed E-state index contributed by atoms with van der Waals surface area (Å²) < 4.78 is 51.3. The van der Waals surface area contributed by atoms with Crippen LogP contribution in [0.1, 0.15) is 32.3 Å². The van der Waals surface area contributed by atoms with Gasteiger partial charge in [0, 0.05) is 24.9 Å². The SMILES string of the molecule is COc1ccc(S(=O)(=O)N(CC(C)C)C[C@@H](O)[C@H](Cc2ccccc2)NC(=O)O[C@H]2C[C@H]3CCO[C@H]4OC[C@@H]2C34)cc1. The molecule has 0 radical (unpaired) electrons. The van der Waals surface area contributed by atoms with Crippen LogP contribution < -0.4 is 10.1 Å². The third kappa shape index (κ3) is 6.92. The molecule has 2 aliphatic heterocycles. The average molecular weight is 603 g/mol. The smallest absolute Gasteiger partial charge is 0.407 e. The number of hydrogen-bond donors (Lipinski definition) is 2. The molecule has 2 aromatic carbocycles. The first-order chi connectivity index (χ1) is 20.2. The lowest BCUT2D eigenvalue weighted by molar-refractivity contribution is -0.164. The van der Waals surface area contributed by atoms with Crippen LogP contribution in [0.25, 0.3) is 0 Å². The molecule has 2 saturated heterocycles. The van der Waals surface area contributed by atoms with Gasteiger partial charge in [-0.05, 0) is 60.9 Å². The van der Waals surface area contributed by atoms with Gasteiger partial charge in [0.1, 0.15) is 11.9 Å². The minimum absolute atomic E-state index is 0.00283. The summed E-state index contributed by atoms with van der Waals surface area (Å²) in [4.78, 5) is 13.4. The Morgan fingerprint density at radius 2 is 1.83 bits per heavy atom. The van der Waals surface area contributed by atoms with Crippen LogP contribution in [0.5, 0.6) is 5.75 Å². The molecule has 1 unspecified atom stereocenters. The van der Waals surface area contributed by atoms with E-state index in [-0.39, 0.29) is 48.1 Å². The first-order valence-corrected chi connectivity index (χ1v) is 16.2. The normalized spacial score (nSPS) is 26.6. The second-order valence-electron chi connectivity index (χ2n) is 11.9. The second-order valence-corrected chi connectivity index (χ2v) is 13.9. The third-order valence-corrected chi connectivity index (χ3v) is 10.4. The average Bonchev–Trinajstić information content (AvgIpc) is 3.57. The zero-order valence-corrected chi connectivity index (χ0v) is 25.2. The Morgan fingerprint density at radius 1 is 1.10 bits per heavy atom. The van der Waals surface area contributed by atoms with Gasteiger partial charge in [0.05, 0.1) is 37.4 Å². The molecule has 5 rings (SSSR count). The zero-order valence-electron chi connectivity index (χ0n) is 24.4. The largest absolute Gasteiger partial charge is 0.497 e. The molecule has 2 aromatic rings. The number of amides is 1. The molecule has 3 fully saturated rings. The molecule has 0 aromatic heterocycles.